The van der Waals surface area contributed by atoms with Crippen LogP contribution in [0.25, 0.3) is 0 Å². The maximum absolute atomic E-state index is 4.20. The molecule has 4 nitrogen and oxygen atoms in total. The Morgan fingerprint density at radius 3 is 2.50 bits per heavy atom. The van der Waals surface area contributed by atoms with Crippen molar-refractivity contribution >= 4 is 5.69 Å². The Bertz CT molecular complexity index is 529. The minimum absolute atomic E-state index is 0.848. The fraction of sp³-hybridized carbons (Fsp3) is 0.500. The number of H-pyrrole nitrogens is 1. The smallest absolute Gasteiger partial charge is 0.0825 e. The average Bonchev–Trinajstić information content (AvgIpc) is 2.78. The summed E-state index contributed by atoms with van der Waals surface area (Å²) >= 11 is 0. The Hall–Kier alpha value is -1.71. The second kappa shape index (κ2) is 4.88. The molecule has 0 spiro atoms. The molecule has 0 bridgehead atoms. The minimum atomic E-state index is 0.848. The van der Waals surface area contributed by atoms with E-state index in [-0.39, 0.29) is 0 Å². The molecule has 0 saturated heterocycles. The highest BCUT2D eigenvalue weighted by atomic mass is 15.1. The molecule has 0 fully saturated rings. The van der Waals surface area contributed by atoms with E-state index in [0.29, 0.717) is 0 Å². The fourth-order valence-corrected chi connectivity index (χ4v) is 2.53. The van der Waals surface area contributed by atoms with Crippen molar-refractivity contribution < 1.29 is 0 Å². The van der Waals surface area contributed by atoms with Crippen molar-refractivity contribution in [3.05, 3.63) is 34.4 Å². The Morgan fingerprint density at radius 1 is 1.28 bits per heavy atom. The van der Waals surface area contributed by atoms with Gasteiger partial charge < -0.3 is 9.88 Å². The third kappa shape index (κ3) is 2.15. The van der Waals surface area contributed by atoms with Crippen molar-refractivity contribution in [1.82, 2.24) is 14.8 Å². The van der Waals surface area contributed by atoms with Crippen LogP contribution in [-0.4, -0.2) is 14.8 Å². The molecule has 0 aromatic carbocycles. The molecule has 0 radical (unpaired) electrons. The molecule has 0 saturated carbocycles. The van der Waals surface area contributed by atoms with Gasteiger partial charge in [-0.1, -0.05) is 0 Å². The van der Waals surface area contributed by atoms with Crippen LogP contribution in [-0.2, 0) is 13.1 Å². The van der Waals surface area contributed by atoms with Crippen LogP contribution in [0, 0.1) is 27.7 Å². The largest absolute Gasteiger partial charge is 0.378 e. The standard InChI is InChI=1S/C14H22N4/c1-6-18-9(2)7-13(12(18)5)8-15-14-10(3)16-17-11(14)4/h7,15H,6,8H2,1-5H3,(H,16,17). The Labute approximate surface area is 108 Å². The Balaban J connectivity index is 2.16. The van der Waals surface area contributed by atoms with Crippen molar-refractivity contribution in [3.8, 4) is 0 Å². The minimum Gasteiger partial charge on any atom is -0.378 e. The molecule has 4 heteroatoms. The molecule has 0 atom stereocenters. The summed E-state index contributed by atoms with van der Waals surface area (Å²) in [5, 5.41) is 10.7. The van der Waals surface area contributed by atoms with Gasteiger partial charge >= 0.3 is 0 Å². The van der Waals surface area contributed by atoms with Gasteiger partial charge in [0.1, 0.15) is 0 Å². The number of aromatic amines is 1. The maximum Gasteiger partial charge on any atom is 0.0825 e. The number of anilines is 1. The molecule has 0 aliphatic heterocycles. The summed E-state index contributed by atoms with van der Waals surface area (Å²) in [6, 6.07) is 2.26. The van der Waals surface area contributed by atoms with Crippen LogP contribution < -0.4 is 5.32 Å². The highest BCUT2D eigenvalue weighted by molar-refractivity contribution is 5.52. The lowest BCUT2D eigenvalue weighted by Crippen LogP contribution is -2.04. The molecule has 0 aliphatic carbocycles. The van der Waals surface area contributed by atoms with Gasteiger partial charge in [-0.05, 0) is 46.2 Å². The van der Waals surface area contributed by atoms with E-state index < -0.39 is 0 Å². The zero-order chi connectivity index (χ0) is 13.3. The molecular weight excluding hydrogens is 224 g/mol. The quantitative estimate of drug-likeness (QED) is 0.871. The van der Waals surface area contributed by atoms with Gasteiger partial charge in [0.25, 0.3) is 0 Å². The van der Waals surface area contributed by atoms with Crippen LogP contribution in [0.2, 0.25) is 0 Å². The fourth-order valence-electron chi connectivity index (χ4n) is 2.53. The van der Waals surface area contributed by atoms with Crippen LogP contribution >= 0.6 is 0 Å². The second-order valence-corrected chi connectivity index (χ2v) is 4.80. The molecule has 0 amide bonds. The zero-order valence-electron chi connectivity index (χ0n) is 11.9. The van der Waals surface area contributed by atoms with Gasteiger partial charge in [-0.15, -0.1) is 0 Å². The monoisotopic (exact) mass is 246 g/mol. The average molecular weight is 246 g/mol. The molecule has 2 N–H and O–H groups in total. The number of rotatable bonds is 4. The first-order chi connectivity index (χ1) is 8.54. The number of aryl methyl sites for hydroxylation is 3. The number of nitrogens with one attached hydrogen (secondary N) is 2. The normalized spacial score (nSPS) is 10.9. The van der Waals surface area contributed by atoms with E-state index in [1.165, 1.54) is 17.0 Å². The van der Waals surface area contributed by atoms with Crippen LogP contribution in [0.1, 0.15) is 35.3 Å². The van der Waals surface area contributed by atoms with E-state index in [1.807, 2.05) is 13.8 Å². The van der Waals surface area contributed by atoms with Crippen molar-refractivity contribution in [2.45, 2.75) is 47.7 Å². The van der Waals surface area contributed by atoms with E-state index in [0.717, 1.165) is 30.2 Å². The molecule has 2 heterocycles. The van der Waals surface area contributed by atoms with E-state index in [2.05, 4.69) is 46.9 Å². The molecule has 0 aliphatic rings. The summed E-state index contributed by atoms with van der Waals surface area (Å²) in [5.74, 6) is 0. The Morgan fingerprint density at radius 2 is 2.00 bits per heavy atom. The first kappa shape index (κ1) is 12.7. The molecule has 2 aromatic heterocycles. The summed E-state index contributed by atoms with van der Waals surface area (Å²) in [4.78, 5) is 0. The van der Waals surface area contributed by atoms with E-state index in [9.17, 15) is 0 Å². The molecule has 2 rings (SSSR count). The maximum atomic E-state index is 4.20. The lowest BCUT2D eigenvalue weighted by atomic mass is 10.2. The third-order valence-electron chi connectivity index (χ3n) is 3.58. The van der Waals surface area contributed by atoms with Gasteiger partial charge in [0.2, 0.25) is 0 Å². The van der Waals surface area contributed by atoms with E-state index in [1.54, 1.807) is 0 Å². The lowest BCUT2D eigenvalue weighted by Gasteiger charge is -2.08. The van der Waals surface area contributed by atoms with Gasteiger partial charge in [0.05, 0.1) is 17.1 Å². The van der Waals surface area contributed by atoms with Crippen LogP contribution in [0.5, 0.6) is 0 Å². The summed E-state index contributed by atoms with van der Waals surface area (Å²) in [6.45, 7) is 12.5. The van der Waals surface area contributed by atoms with Crippen molar-refractivity contribution in [3.63, 3.8) is 0 Å². The van der Waals surface area contributed by atoms with E-state index in [4.69, 9.17) is 0 Å². The SMILES string of the molecule is CCn1c(C)cc(CNc2c(C)n[nH]c2C)c1C. The number of aromatic nitrogens is 3. The molecule has 0 unspecified atom stereocenters. The summed E-state index contributed by atoms with van der Waals surface area (Å²) < 4.78 is 2.34. The summed E-state index contributed by atoms with van der Waals surface area (Å²) in [6.07, 6.45) is 0. The molecule has 98 valence electrons. The molecule has 2 aromatic rings. The van der Waals surface area contributed by atoms with Gasteiger partial charge in [0, 0.05) is 24.5 Å². The predicted octanol–water partition coefficient (Wildman–Crippen LogP) is 3.08. The second-order valence-electron chi connectivity index (χ2n) is 4.80. The van der Waals surface area contributed by atoms with Crippen molar-refractivity contribution in [2.24, 2.45) is 0 Å². The van der Waals surface area contributed by atoms with Crippen molar-refractivity contribution in [1.29, 1.82) is 0 Å². The first-order valence-corrected chi connectivity index (χ1v) is 6.45. The highest BCUT2D eigenvalue weighted by Crippen LogP contribution is 2.20. The predicted molar refractivity (Wildman–Crippen MR) is 75.0 cm³/mol. The van der Waals surface area contributed by atoms with Crippen LogP contribution in [0.4, 0.5) is 5.69 Å². The third-order valence-corrected chi connectivity index (χ3v) is 3.58. The van der Waals surface area contributed by atoms with Crippen molar-refractivity contribution in [2.75, 3.05) is 5.32 Å². The van der Waals surface area contributed by atoms with Gasteiger partial charge in [-0.3, -0.25) is 5.10 Å². The van der Waals surface area contributed by atoms with E-state index >= 15 is 0 Å². The van der Waals surface area contributed by atoms with Crippen LogP contribution in [0.3, 0.4) is 0 Å². The highest BCUT2D eigenvalue weighted by Gasteiger charge is 2.10. The topological polar surface area (TPSA) is 45.6 Å². The lowest BCUT2D eigenvalue weighted by molar-refractivity contribution is 0.715. The number of nitrogens with zero attached hydrogens (tertiary/aromatic N) is 2. The number of hydrogen-bond acceptors (Lipinski definition) is 2. The van der Waals surface area contributed by atoms with Gasteiger partial charge in [0.15, 0.2) is 0 Å². The zero-order valence-corrected chi connectivity index (χ0v) is 11.9. The summed E-state index contributed by atoms with van der Waals surface area (Å²) in [5.41, 5.74) is 7.27. The molecular formula is C14H22N4. The Kier molecular flexibility index (Phi) is 3.45. The van der Waals surface area contributed by atoms with Gasteiger partial charge in [-0.2, -0.15) is 5.10 Å². The number of hydrogen-bond donors (Lipinski definition) is 2. The first-order valence-electron chi connectivity index (χ1n) is 6.45. The summed E-state index contributed by atoms with van der Waals surface area (Å²) in [7, 11) is 0. The van der Waals surface area contributed by atoms with Gasteiger partial charge in [-0.25, -0.2) is 0 Å². The molecule has 18 heavy (non-hydrogen) atoms. The van der Waals surface area contributed by atoms with Crippen LogP contribution in [0.15, 0.2) is 6.07 Å².